The average molecular weight is 550 g/mol. The van der Waals surface area contributed by atoms with Crippen molar-refractivity contribution in [2.24, 2.45) is 0 Å². The highest BCUT2D eigenvalue weighted by atomic mass is 19.4. The van der Waals surface area contributed by atoms with Gasteiger partial charge >= 0.3 is 24.6 Å². The van der Waals surface area contributed by atoms with Crippen LogP contribution in [-0.4, -0.2) is 75.0 Å². The van der Waals surface area contributed by atoms with E-state index in [1.807, 2.05) is 0 Å². The number of carbonyl (C=O) groups is 2. The van der Waals surface area contributed by atoms with Gasteiger partial charge in [0.05, 0.1) is 0 Å². The number of hydrogen-bond donors (Lipinski definition) is 0. The topological polar surface area (TPSA) is 67.7 Å². The van der Waals surface area contributed by atoms with Gasteiger partial charge in [-0.15, -0.1) is 0 Å². The number of rotatable bonds is 2. The van der Waals surface area contributed by atoms with Crippen LogP contribution >= 0.6 is 0 Å². The number of piperidine rings is 1. The number of hydrogen-bond acceptors (Lipinski definition) is 4. The summed E-state index contributed by atoms with van der Waals surface area (Å²) in [7, 11) is 0. The number of fused-ring (bicyclic) bond motifs is 1. The molecule has 3 aliphatic heterocycles. The van der Waals surface area contributed by atoms with Crippen molar-refractivity contribution in [2.45, 2.75) is 81.7 Å². The molecule has 0 bridgehead atoms. The van der Waals surface area contributed by atoms with Crippen LogP contribution in [-0.2, 0) is 23.9 Å². The van der Waals surface area contributed by atoms with E-state index in [2.05, 4.69) is 9.72 Å². The first-order valence-corrected chi connectivity index (χ1v) is 11.6. The van der Waals surface area contributed by atoms with Crippen molar-refractivity contribution < 1.29 is 53.8 Å². The lowest BCUT2D eigenvalue weighted by Crippen LogP contribution is -2.56. The van der Waals surface area contributed by atoms with E-state index in [0.717, 1.165) is 0 Å². The third-order valence-electron chi connectivity index (χ3n) is 7.16. The summed E-state index contributed by atoms with van der Waals surface area (Å²) >= 11 is 0. The molecule has 1 aromatic heterocycles. The van der Waals surface area contributed by atoms with E-state index in [0.29, 0.717) is 30.6 Å². The Bertz CT molecular complexity index is 1030. The largest absolute Gasteiger partial charge is 0.435 e. The molecule has 0 radical (unpaired) electrons. The van der Waals surface area contributed by atoms with E-state index in [4.69, 9.17) is 0 Å². The molecule has 4 rings (SSSR count). The molecule has 3 aliphatic rings. The quantitative estimate of drug-likeness (QED) is 0.490. The molecule has 16 heteroatoms. The molecular formula is C21H23F9N4O3. The molecule has 2 saturated heterocycles. The van der Waals surface area contributed by atoms with Gasteiger partial charge in [-0.2, -0.15) is 39.5 Å². The van der Waals surface area contributed by atoms with E-state index in [1.54, 1.807) is 0 Å². The molecule has 4 heterocycles. The Hall–Kier alpha value is -2.68. The Labute approximate surface area is 204 Å². The number of alkyl halides is 9. The summed E-state index contributed by atoms with van der Waals surface area (Å²) in [6.07, 6.45) is -20.5. The lowest BCUT2D eigenvalue weighted by atomic mass is 9.85. The van der Waals surface area contributed by atoms with Gasteiger partial charge in [-0.3, -0.25) is 4.79 Å². The summed E-state index contributed by atoms with van der Waals surface area (Å²) in [5.74, 6) is -0.715. The highest BCUT2D eigenvalue weighted by Gasteiger charge is 2.60. The normalized spacial score (nSPS) is 20.5. The van der Waals surface area contributed by atoms with Crippen LogP contribution in [0.5, 0.6) is 0 Å². The number of aryl methyl sites for hydroxylation is 1. The molecule has 0 atom stereocenters. The first kappa shape index (κ1) is 27.4. The summed E-state index contributed by atoms with van der Waals surface area (Å²) in [5, 5.41) is 0. The average Bonchev–Trinajstić information content (AvgIpc) is 3.37. The van der Waals surface area contributed by atoms with E-state index in [1.165, 1.54) is 9.47 Å². The fourth-order valence-electron chi connectivity index (χ4n) is 5.40. The Morgan fingerprint density at radius 3 is 2.03 bits per heavy atom. The molecule has 2 fully saturated rings. The third-order valence-corrected chi connectivity index (χ3v) is 7.16. The van der Waals surface area contributed by atoms with Gasteiger partial charge in [0.1, 0.15) is 11.5 Å². The van der Waals surface area contributed by atoms with Crippen molar-refractivity contribution in [2.75, 3.05) is 19.6 Å². The van der Waals surface area contributed by atoms with Gasteiger partial charge < -0.3 is 19.1 Å². The van der Waals surface area contributed by atoms with Crippen LogP contribution in [0.4, 0.5) is 44.3 Å². The number of halogens is 9. The van der Waals surface area contributed by atoms with Crippen LogP contribution < -0.4 is 0 Å². The highest BCUT2D eigenvalue weighted by Crippen LogP contribution is 2.42. The van der Waals surface area contributed by atoms with Crippen LogP contribution in [0.25, 0.3) is 0 Å². The molecule has 0 aliphatic carbocycles. The van der Waals surface area contributed by atoms with Gasteiger partial charge in [0.25, 0.3) is 12.0 Å². The standard InChI is InChI=1S/C21H23F9N4O3/c22-19(23,24)14-13(33-8-2-1-4-12(33)31-14)15(35)34-9-3-5-18(34)6-10-32(11-7-18)17(36)37-16(20(25,26)27)21(28,29)30/h16H,1-11H2. The molecule has 0 saturated carbocycles. The minimum absolute atomic E-state index is 0.0428. The maximum atomic E-state index is 13.8. The molecule has 1 spiro atoms. The smallest absolute Gasteiger partial charge is 0.426 e. The van der Waals surface area contributed by atoms with Crippen molar-refractivity contribution in [3.8, 4) is 0 Å². The first-order chi connectivity index (χ1) is 17.0. The van der Waals surface area contributed by atoms with Gasteiger partial charge in [0.2, 0.25) is 0 Å². The van der Waals surface area contributed by atoms with E-state index < -0.39 is 53.6 Å². The molecular weight excluding hydrogens is 527 g/mol. The number of aromatic nitrogens is 2. The summed E-state index contributed by atoms with van der Waals surface area (Å²) in [5.41, 5.74) is -2.84. The van der Waals surface area contributed by atoms with Crippen LogP contribution in [0.2, 0.25) is 0 Å². The summed E-state index contributed by atoms with van der Waals surface area (Å²) in [6.45, 7) is -0.353. The molecule has 0 aromatic carbocycles. The van der Waals surface area contributed by atoms with Gasteiger partial charge in [0, 0.05) is 38.1 Å². The van der Waals surface area contributed by atoms with Crippen LogP contribution in [0, 0.1) is 0 Å². The van der Waals surface area contributed by atoms with Crippen LogP contribution in [0.15, 0.2) is 0 Å². The van der Waals surface area contributed by atoms with Crippen molar-refractivity contribution in [3.63, 3.8) is 0 Å². The fraction of sp³-hybridized carbons (Fsp3) is 0.762. The van der Waals surface area contributed by atoms with Crippen LogP contribution in [0.3, 0.4) is 0 Å². The number of nitrogens with zero attached hydrogens (tertiary/aromatic N) is 4. The van der Waals surface area contributed by atoms with Crippen molar-refractivity contribution >= 4 is 12.0 Å². The molecule has 0 unspecified atom stereocenters. The highest BCUT2D eigenvalue weighted by molar-refractivity contribution is 5.95. The van der Waals surface area contributed by atoms with Crippen molar-refractivity contribution in [3.05, 3.63) is 17.2 Å². The third kappa shape index (κ3) is 5.19. The van der Waals surface area contributed by atoms with Gasteiger partial charge in [-0.05, 0) is 38.5 Å². The molecule has 2 amide bonds. The SMILES string of the molecule is O=C(OC(C(F)(F)F)C(F)(F)F)N1CCC2(CCCN2C(=O)c2c(C(F)(F)F)nc3n2CCCC3)CC1. The Kier molecular flexibility index (Phi) is 6.84. The first-order valence-electron chi connectivity index (χ1n) is 11.6. The number of carbonyl (C=O) groups excluding carboxylic acids is 2. The second-order valence-electron chi connectivity index (χ2n) is 9.45. The van der Waals surface area contributed by atoms with Crippen molar-refractivity contribution in [1.82, 2.24) is 19.4 Å². The maximum absolute atomic E-state index is 13.8. The monoisotopic (exact) mass is 550 g/mol. The van der Waals surface area contributed by atoms with Gasteiger partial charge in [0.15, 0.2) is 5.69 Å². The van der Waals surface area contributed by atoms with Crippen molar-refractivity contribution in [1.29, 1.82) is 0 Å². The second-order valence-corrected chi connectivity index (χ2v) is 9.45. The Morgan fingerprint density at radius 1 is 0.838 bits per heavy atom. The predicted octanol–water partition coefficient (Wildman–Crippen LogP) is 4.94. The maximum Gasteiger partial charge on any atom is 0.435 e. The molecule has 37 heavy (non-hydrogen) atoms. The van der Waals surface area contributed by atoms with E-state index in [9.17, 15) is 49.1 Å². The lowest BCUT2D eigenvalue weighted by molar-refractivity contribution is -0.308. The Morgan fingerprint density at radius 2 is 1.46 bits per heavy atom. The zero-order chi connectivity index (χ0) is 27.4. The van der Waals surface area contributed by atoms with E-state index in [-0.39, 0.29) is 51.3 Å². The molecule has 208 valence electrons. The van der Waals surface area contributed by atoms with Crippen LogP contribution in [0.1, 0.15) is 60.5 Å². The summed E-state index contributed by atoms with van der Waals surface area (Å²) < 4.78 is 123. The van der Waals surface area contributed by atoms with Gasteiger partial charge in [-0.1, -0.05) is 0 Å². The summed E-state index contributed by atoms with van der Waals surface area (Å²) in [6, 6.07) is 0. The second kappa shape index (κ2) is 9.26. The zero-order valence-corrected chi connectivity index (χ0v) is 19.3. The Balaban J connectivity index is 1.52. The molecule has 7 nitrogen and oxygen atoms in total. The number of ether oxygens (including phenoxy) is 1. The predicted molar refractivity (Wildman–Crippen MR) is 106 cm³/mol. The minimum Gasteiger partial charge on any atom is -0.426 e. The number of amides is 2. The zero-order valence-electron chi connectivity index (χ0n) is 19.3. The summed E-state index contributed by atoms with van der Waals surface area (Å²) in [4.78, 5) is 31.3. The molecule has 0 N–H and O–H groups in total. The fourth-order valence-corrected chi connectivity index (χ4v) is 5.40. The van der Waals surface area contributed by atoms with Gasteiger partial charge in [-0.25, -0.2) is 9.78 Å². The molecule has 1 aromatic rings. The van der Waals surface area contributed by atoms with E-state index >= 15 is 0 Å². The minimum atomic E-state index is -5.86. The number of likely N-dealkylation sites (tertiary alicyclic amines) is 2. The number of imidazole rings is 1. The lowest BCUT2D eigenvalue weighted by Gasteiger charge is -2.45.